The molecule has 0 aliphatic carbocycles. The average Bonchev–Trinajstić information content (AvgIpc) is 2.77. The van der Waals surface area contributed by atoms with Gasteiger partial charge < -0.3 is 10.2 Å². The van der Waals surface area contributed by atoms with Crippen LogP contribution in [-0.4, -0.2) is 50.5 Å². The smallest absolute Gasteiger partial charge is 0.244 e. The number of anilines is 1. The Hall–Kier alpha value is -2.10. The molecule has 34 heavy (non-hydrogen) atoms. The molecule has 10 heteroatoms. The number of halogens is 2. The molecule has 0 bridgehead atoms. The van der Waals surface area contributed by atoms with Crippen molar-refractivity contribution in [2.24, 2.45) is 0 Å². The van der Waals surface area contributed by atoms with E-state index >= 15 is 0 Å². The number of amides is 2. The topological polar surface area (TPSA) is 86.8 Å². The Bertz CT molecular complexity index is 1110. The zero-order valence-electron chi connectivity index (χ0n) is 19.8. The maximum atomic E-state index is 13.5. The lowest BCUT2D eigenvalue weighted by Crippen LogP contribution is -2.51. The Morgan fingerprint density at radius 1 is 1.15 bits per heavy atom. The van der Waals surface area contributed by atoms with Gasteiger partial charge in [-0.2, -0.15) is 0 Å². The number of hydrogen-bond donors (Lipinski definition) is 1. The standard InChI is InChI=1S/C24H31BrClN3O4S/c1-5-6-13-27-24(31)18(3)28(15-19-8-10-20(25)11-9-19)23(30)16-29(34(4,32)33)22-14-21(26)12-7-17(22)2/h7-12,14,18H,5-6,13,15-16H2,1-4H3,(H,27,31). The van der Waals surface area contributed by atoms with E-state index in [2.05, 4.69) is 21.2 Å². The molecule has 0 aliphatic heterocycles. The zero-order chi connectivity index (χ0) is 25.5. The van der Waals surface area contributed by atoms with Crippen LogP contribution in [0.4, 0.5) is 5.69 Å². The fourth-order valence-electron chi connectivity index (χ4n) is 3.35. The number of carbonyl (C=O) groups is 2. The van der Waals surface area contributed by atoms with Gasteiger partial charge in [-0.15, -0.1) is 0 Å². The number of hydrogen-bond acceptors (Lipinski definition) is 4. The minimum absolute atomic E-state index is 0.153. The number of aryl methyl sites for hydroxylation is 1. The lowest BCUT2D eigenvalue weighted by Gasteiger charge is -2.32. The first-order valence-electron chi connectivity index (χ1n) is 11.0. The molecule has 0 heterocycles. The van der Waals surface area contributed by atoms with Crippen LogP contribution in [0.3, 0.4) is 0 Å². The van der Waals surface area contributed by atoms with E-state index in [1.54, 1.807) is 26.0 Å². The van der Waals surface area contributed by atoms with Gasteiger partial charge in [0.2, 0.25) is 21.8 Å². The summed E-state index contributed by atoms with van der Waals surface area (Å²) in [6, 6.07) is 11.5. The summed E-state index contributed by atoms with van der Waals surface area (Å²) in [6.45, 7) is 5.63. The van der Waals surface area contributed by atoms with Gasteiger partial charge in [0.25, 0.3) is 0 Å². The first-order valence-corrected chi connectivity index (χ1v) is 14.0. The van der Waals surface area contributed by atoms with E-state index in [1.165, 1.54) is 11.0 Å². The van der Waals surface area contributed by atoms with Crippen molar-refractivity contribution >= 4 is 55.1 Å². The fraction of sp³-hybridized carbons (Fsp3) is 0.417. The van der Waals surface area contributed by atoms with Crippen molar-refractivity contribution in [1.29, 1.82) is 0 Å². The number of rotatable bonds is 11. The molecule has 0 saturated heterocycles. The van der Waals surface area contributed by atoms with Crippen molar-refractivity contribution in [2.45, 2.75) is 46.2 Å². The molecule has 2 aromatic carbocycles. The Kier molecular flexibility index (Phi) is 10.4. The van der Waals surface area contributed by atoms with Crippen LogP contribution in [0.25, 0.3) is 0 Å². The van der Waals surface area contributed by atoms with Crippen LogP contribution in [0.15, 0.2) is 46.9 Å². The summed E-state index contributed by atoms with van der Waals surface area (Å²) in [5, 5.41) is 3.21. The van der Waals surface area contributed by atoms with Crippen LogP contribution in [-0.2, 0) is 26.2 Å². The lowest BCUT2D eigenvalue weighted by molar-refractivity contribution is -0.139. The maximum absolute atomic E-state index is 13.5. The predicted octanol–water partition coefficient (Wildman–Crippen LogP) is 4.51. The van der Waals surface area contributed by atoms with Gasteiger partial charge in [0.15, 0.2) is 0 Å². The number of carbonyl (C=O) groups excluding carboxylic acids is 2. The van der Waals surface area contributed by atoms with Gasteiger partial charge in [0.1, 0.15) is 12.6 Å². The van der Waals surface area contributed by atoms with Gasteiger partial charge in [-0.1, -0.05) is 59.1 Å². The molecular weight excluding hydrogens is 542 g/mol. The van der Waals surface area contributed by atoms with E-state index in [-0.39, 0.29) is 12.5 Å². The summed E-state index contributed by atoms with van der Waals surface area (Å²) in [5.74, 6) is -0.783. The summed E-state index contributed by atoms with van der Waals surface area (Å²) in [7, 11) is -3.81. The molecular formula is C24H31BrClN3O4S. The molecule has 7 nitrogen and oxygen atoms in total. The van der Waals surface area contributed by atoms with E-state index in [0.717, 1.165) is 33.4 Å². The normalized spacial score (nSPS) is 12.2. The molecule has 2 aromatic rings. The van der Waals surface area contributed by atoms with Gasteiger partial charge in [0, 0.05) is 22.6 Å². The number of sulfonamides is 1. The molecule has 1 N–H and O–H groups in total. The highest BCUT2D eigenvalue weighted by atomic mass is 79.9. The first kappa shape index (κ1) is 28.1. The Morgan fingerprint density at radius 3 is 2.38 bits per heavy atom. The summed E-state index contributed by atoms with van der Waals surface area (Å²) in [6.07, 6.45) is 2.80. The molecule has 0 spiro atoms. The second kappa shape index (κ2) is 12.6. The molecule has 0 fully saturated rings. The number of nitrogens with one attached hydrogen (secondary N) is 1. The van der Waals surface area contributed by atoms with Crippen molar-refractivity contribution in [1.82, 2.24) is 10.2 Å². The average molecular weight is 573 g/mol. The Balaban J connectivity index is 2.38. The van der Waals surface area contributed by atoms with E-state index < -0.39 is 28.5 Å². The quantitative estimate of drug-likeness (QED) is 0.402. The first-order chi connectivity index (χ1) is 15.9. The van der Waals surface area contributed by atoms with Crippen LogP contribution >= 0.6 is 27.5 Å². The van der Waals surface area contributed by atoms with Crippen LogP contribution < -0.4 is 9.62 Å². The highest BCUT2D eigenvalue weighted by Gasteiger charge is 2.30. The van der Waals surface area contributed by atoms with Crippen molar-refractivity contribution in [3.63, 3.8) is 0 Å². The third-order valence-corrected chi connectivity index (χ3v) is 7.27. The third-order valence-electron chi connectivity index (χ3n) is 5.38. The number of benzene rings is 2. The molecule has 0 saturated carbocycles. The van der Waals surface area contributed by atoms with E-state index in [1.807, 2.05) is 31.2 Å². The summed E-state index contributed by atoms with van der Waals surface area (Å²) < 4.78 is 27.2. The second-order valence-electron chi connectivity index (χ2n) is 8.17. The van der Waals surface area contributed by atoms with Crippen molar-refractivity contribution in [2.75, 3.05) is 23.7 Å². The molecule has 2 amide bonds. The largest absolute Gasteiger partial charge is 0.354 e. The third kappa shape index (κ3) is 7.99. The zero-order valence-corrected chi connectivity index (χ0v) is 23.0. The fourth-order valence-corrected chi connectivity index (χ4v) is 4.68. The van der Waals surface area contributed by atoms with Crippen molar-refractivity contribution in [3.05, 3.63) is 63.1 Å². The van der Waals surface area contributed by atoms with Gasteiger partial charge in [-0.3, -0.25) is 13.9 Å². The molecule has 0 aromatic heterocycles. The van der Waals surface area contributed by atoms with Gasteiger partial charge in [-0.25, -0.2) is 8.42 Å². The van der Waals surface area contributed by atoms with E-state index in [9.17, 15) is 18.0 Å². The molecule has 1 atom stereocenters. The number of nitrogens with zero attached hydrogens (tertiary/aromatic N) is 2. The Morgan fingerprint density at radius 2 is 1.79 bits per heavy atom. The minimum atomic E-state index is -3.81. The number of unbranched alkanes of at least 4 members (excludes halogenated alkanes) is 1. The van der Waals surface area contributed by atoms with E-state index in [0.29, 0.717) is 22.8 Å². The molecule has 2 rings (SSSR count). The highest BCUT2D eigenvalue weighted by molar-refractivity contribution is 9.10. The summed E-state index contributed by atoms with van der Waals surface area (Å²) in [4.78, 5) is 27.7. The minimum Gasteiger partial charge on any atom is -0.354 e. The second-order valence-corrected chi connectivity index (χ2v) is 11.4. The molecule has 0 aliphatic rings. The summed E-state index contributed by atoms with van der Waals surface area (Å²) in [5.41, 5.74) is 1.80. The van der Waals surface area contributed by atoms with Gasteiger partial charge >= 0.3 is 0 Å². The van der Waals surface area contributed by atoms with Crippen LogP contribution in [0.5, 0.6) is 0 Å². The maximum Gasteiger partial charge on any atom is 0.244 e. The van der Waals surface area contributed by atoms with Gasteiger partial charge in [-0.05, 0) is 55.7 Å². The molecule has 0 radical (unpaired) electrons. The van der Waals surface area contributed by atoms with E-state index in [4.69, 9.17) is 11.6 Å². The van der Waals surface area contributed by atoms with Crippen LogP contribution in [0.1, 0.15) is 37.8 Å². The SMILES string of the molecule is CCCCNC(=O)C(C)N(Cc1ccc(Br)cc1)C(=O)CN(c1cc(Cl)ccc1C)S(C)(=O)=O. The lowest BCUT2D eigenvalue weighted by atomic mass is 10.1. The highest BCUT2D eigenvalue weighted by Crippen LogP contribution is 2.27. The Labute approximate surface area is 215 Å². The predicted molar refractivity (Wildman–Crippen MR) is 140 cm³/mol. The molecule has 186 valence electrons. The van der Waals surface area contributed by atoms with Crippen LogP contribution in [0.2, 0.25) is 5.02 Å². The van der Waals surface area contributed by atoms with Crippen LogP contribution in [0, 0.1) is 6.92 Å². The van der Waals surface area contributed by atoms with Crippen molar-refractivity contribution < 1.29 is 18.0 Å². The van der Waals surface area contributed by atoms with Gasteiger partial charge in [0.05, 0.1) is 11.9 Å². The van der Waals surface area contributed by atoms with Crippen molar-refractivity contribution in [3.8, 4) is 0 Å². The molecule has 1 unspecified atom stereocenters. The summed E-state index contributed by atoms with van der Waals surface area (Å²) >= 11 is 9.50. The monoisotopic (exact) mass is 571 g/mol.